The first-order valence-electron chi connectivity index (χ1n) is 6.67. The van der Waals surface area contributed by atoms with Crippen molar-refractivity contribution < 1.29 is 14.1 Å². The Hall–Kier alpha value is -2.43. The molecule has 0 heterocycles. The number of nitrogens with zero attached hydrogens (tertiary/aromatic N) is 1. The Bertz CT molecular complexity index is 656. The van der Waals surface area contributed by atoms with Gasteiger partial charge in [0, 0.05) is 0 Å². The summed E-state index contributed by atoms with van der Waals surface area (Å²) in [7, 11) is 0. The van der Waals surface area contributed by atoms with Gasteiger partial charge in [0.15, 0.2) is 0 Å². The van der Waals surface area contributed by atoms with Crippen LogP contribution in [0.25, 0.3) is 0 Å². The van der Waals surface area contributed by atoms with E-state index in [2.05, 4.69) is 0 Å². The fourth-order valence-corrected chi connectivity index (χ4v) is 2.14. The van der Waals surface area contributed by atoms with E-state index < -0.39 is 16.4 Å². The first kappa shape index (κ1) is 15.0. The van der Waals surface area contributed by atoms with E-state index in [9.17, 15) is 14.5 Å². The first-order valence-corrected chi connectivity index (χ1v) is 6.67. The van der Waals surface area contributed by atoms with Gasteiger partial charge in [0.1, 0.15) is 6.61 Å². The molecule has 2 aromatic rings. The molecule has 0 radical (unpaired) electrons. The molecule has 5 heteroatoms. The van der Waals surface area contributed by atoms with E-state index in [4.69, 9.17) is 4.74 Å². The van der Waals surface area contributed by atoms with Gasteiger partial charge in [0.25, 0.3) is 0 Å². The lowest BCUT2D eigenvalue weighted by atomic mass is 10.0. The number of nitro benzene ring substituents is 1. The number of nitro groups is 1. The summed E-state index contributed by atoms with van der Waals surface area (Å²) in [4.78, 5) is 10.4. The first-order chi connectivity index (χ1) is 10.0. The Morgan fingerprint density at radius 3 is 2.52 bits per heavy atom. The summed E-state index contributed by atoms with van der Waals surface area (Å²) < 4.78 is 19.6. The van der Waals surface area contributed by atoms with Gasteiger partial charge in [-0.2, -0.15) is 4.39 Å². The molecule has 0 aliphatic carbocycles. The van der Waals surface area contributed by atoms with Crippen LogP contribution in [0.5, 0.6) is 5.75 Å². The number of hydrogen-bond acceptors (Lipinski definition) is 3. The molecule has 0 spiro atoms. The fraction of sp³-hybridized carbons (Fsp3) is 0.250. The number of rotatable bonds is 5. The van der Waals surface area contributed by atoms with E-state index >= 15 is 0 Å². The number of hydrogen-bond donors (Lipinski definition) is 0. The van der Waals surface area contributed by atoms with Crippen LogP contribution < -0.4 is 4.74 Å². The largest absolute Gasteiger partial charge is 0.482 e. The van der Waals surface area contributed by atoms with Crippen molar-refractivity contribution in [2.45, 2.75) is 26.9 Å². The summed E-state index contributed by atoms with van der Waals surface area (Å²) in [5.74, 6) is -0.841. The molecule has 0 saturated heterocycles. The smallest absolute Gasteiger partial charge is 0.346 e. The molecule has 2 rings (SSSR count). The average molecular weight is 289 g/mol. The molecule has 0 aliphatic heterocycles. The highest BCUT2D eigenvalue weighted by Crippen LogP contribution is 2.35. The third kappa shape index (κ3) is 3.18. The number of benzene rings is 2. The van der Waals surface area contributed by atoms with Gasteiger partial charge in [0.05, 0.1) is 4.92 Å². The molecule has 4 nitrogen and oxygen atoms in total. The molecule has 0 aliphatic rings. The highest BCUT2D eigenvalue weighted by Gasteiger charge is 2.25. The standard InChI is InChI=1S/C16H16FNO3/c1-3-13-9-14(16(18(19)20)15(17)11(13)2)21-10-12-7-5-4-6-8-12/h4-9H,3,10H2,1-2H3. The topological polar surface area (TPSA) is 52.4 Å². The third-order valence-corrected chi connectivity index (χ3v) is 3.36. The minimum absolute atomic E-state index is 0.0243. The molecule has 0 unspecified atom stereocenters. The Morgan fingerprint density at radius 2 is 1.95 bits per heavy atom. The van der Waals surface area contributed by atoms with Crippen LogP contribution in [0, 0.1) is 22.9 Å². The molecule has 0 amide bonds. The summed E-state index contributed by atoms with van der Waals surface area (Å²) in [6, 6.07) is 10.8. The second-order valence-electron chi connectivity index (χ2n) is 4.71. The molecular formula is C16H16FNO3. The van der Waals surface area contributed by atoms with Gasteiger partial charge in [0.2, 0.25) is 11.6 Å². The summed E-state index contributed by atoms with van der Waals surface area (Å²) in [6.45, 7) is 3.57. The lowest BCUT2D eigenvalue weighted by Crippen LogP contribution is -2.04. The lowest BCUT2D eigenvalue weighted by Gasteiger charge is -2.11. The predicted molar refractivity (Wildman–Crippen MR) is 77.9 cm³/mol. The van der Waals surface area contributed by atoms with Crippen LogP contribution in [-0.4, -0.2) is 4.92 Å². The van der Waals surface area contributed by atoms with Crippen LogP contribution in [0.1, 0.15) is 23.6 Å². The van der Waals surface area contributed by atoms with Gasteiger partial charge >= 0.3 is 5.69 Å². The Balaban J connectivity index is 2.37. The summed E-state index contributed by atoms with van der Waals surface area (Å²) >= 11 is 0. The predicted octanol–water partition coefficient (Wildman–Crippen LogP) is 4.18. The highest BCUT2D eigenvalue weighted by atomic mass is 19.1. The molecule has 21 heavy (non-hydrogen) atoms. The van der Waals surface area contributed by atoms with Crippen LogP contribution in [0.4, 0.5) is 10.1 Å². The van der Waals surface area contributed by atoms with E-state index in [1.165, 1.54) is 0 Å². The Labute approximate surface area is 122 Å². The van der Waals surface area contributed by atoms with Crippen LogP contribution >= 0.6 is 0 Å². The van der Waals surface area contributed by atoms with Gasteiger partial charge in [-0.1, -0.05) is 37.3 Å². The van der Waals surface area contributed by atoms with E-state index in [-0.39, 0.29) is 12.4 Å². The van der Waals surface area contributed by atoms with E-state index in [1.54, 1.807) is 13.0 Å². The van der Waals surface area contributed by atoms with Crippen LogP contribution in [0.2, 0.25) is 0 Å². The van der Waals surface area contributed by atoms with Crippen molar-refractivity contribution in [3.8, 4) is 5.75 Å². The maximum Gasteiger partial charge on any atom is 0.346 e. The number of aryl methyl sites for hydroxylation is 1. The molecule has 110 valence electrons. The monoisotopic (exact) mass is 289 g/mol. The maximum absolute atomic E-state index is 14.2. The minimum Gasteiger partial charge on any atom is -0.482 e. The minimum atomic E-state index is -0.817. The Kier molecular flexibility index (Phi) is 4.52. The normalized spacial score (nSPS) is 10.4. The highest BCUT2D eigenvalue weighted by molar-refractivity contribution is 5.53. The van der Waals surface area contributed by atoms with Crippen molar-refractivity contribution in [1.82, 2.24) is 0 Å². The van der Waals surface area contributed by atoms with Crippen LogP contribution in [0.15, 0.2) is 36.4 Å². The molecule has 2 aromatic carbocycles. The van der Waals surface area contributed by atoms with Crippen molar-refractivity contribution in [1.29, 1.82) is 0 Å². The second-order valence-corrected chi connectivity index (χ2v) is 4.71. The van der Waals surface area contributed by atoms with E-state index in [0.29, 0.717) is 17.5 Å². The van der Waals surface area contributed by atoms with Crippen molar-refractivity contribution in [3.05, 3.63) is 69.0 Å². The molecule has 0 saturated carbocycles. The van der Waals surface area contributed by atoms with Crippen molar-refractivity contribution in [3.63, 3.8) is 0 Å². The van der Waals surface area contributed by atoms with Crippen molar-refractivity contribution in [2.75, 3.05) is 0 Å². The number of ether oxygens (including phenoxy) is 1. The van der Waals surface area contributed by atoms with E-state index in [1.807, 2.05) is 37.3 Å². The quantitative estimate of drug-likeness (QED) is 0.612. The van der Waals surface area contributed by atoms with Crippen molar-refractivity contribution >= 4 is 5.69 Å². The molecule has 0 bridgehead atoms. The van der Waals surface area contributed by atoms with Gasteiger partial charge in [-0.15, -0.1) is 0 Å². The summed E-state index contributed by atoms with van der Waals surface area (Å²) in [5, 5.41) is 11.1. The van der Waals surface area contributed by atoms with E-state index in [0.717, 1.165) is 5.56 Å². The van der Waals surface area contributed by atoms with Gasteiger partial charge in [-0.05, 0) is 36.1 Å². The fourth-order valence-electron chi connectivity index (χ4n) is 2.14. The lowest BCUT2D eigenvalue weighted by molar-refractivity contribution is -0.388. The molecule has 0 atom stereocenters. The Morgan fingerprint density at radius 1 is 1.29 bits per heavy atom. The molecule has 0 aromatic heterocycles. The van der Waals surface area contributed by atoms with Gasteiger partial charge in [-0.3, -0.25) is 10.1 Å². The molecule has 0 fully saturated rings. The zero-order chi connectivity index (χ0) is 15.4. The SMILES string of the molecule is CCc1cc(OCc2ccccc2)c([N+](=O)[O-])c(F)c1C. The van der Waals surface area contributed by atoms with Crippen LogP contribution in [0.3, 0.4) is 0 Å². The molecule has 0 N–H and O–H groups in total. The molecular weight excluding hydrogens is 273 g/mol. The average Bonchev–Trinajstić information content (AvgIpc) is 2.48. The maximum atomic E-state index is 14.2. The summed E-state index contributed by atoms with van der Waals surface area (Å²) in [5.41, 5.74) is 1.28. The van der Waals surface area contributed by atoms with Gasteiger partial charge in [-0.25, -0.2) is 0 Å². The second kappa shape index (κ2) is 6.35. The van der Waals surface area contributed by atoms with Gasteiger partial charge < -0.3 is 4.74 Å². The van der Waals surface area contributed by atoms with Crippen LogP contribution in [-0.2, 0) is 13.0 Å². The third-order valence-electron chi connectivity index (χ3n) is 3.36. The van der Waals surface area contributed by atoms with Crippen molar-refractivity contribution in [2.24, 2.45) is 0 Å². The zero-order valence-corrected chi connectivity index (χ0v) is 11.9. The summed E-state index contributed by atoms with van der Waals surface area (Å²) in [6.07, 6.45) is 0.586. The zero-order valence-electron chi connectivity index (χ0n) is 11.9. The number of halogens is 1.